The Hall–Kier alpha value is -1.89. The predicted octanol–water partition coefficient (Wildman–Crippen LogP) is 2.97. The maximum absolute atomic E-state index is 12.9. The number of benzene rings is 2. The van der Waals surface area contributed by atoms with Gasteiger partial charge in [-0.3, -0.25) is 4.90 Å². The first-order chi connectivity index (χ1) is 13.0. The second kappa shape index (κ2) is 7.62. The maximum atomic E-state index is 12.9. The van der Waals surface area contributed by atoms with E-state index in [9.17, 15) is 8.42 Å². The van der Waals surface area contributed by atoms with Crippen molar-refractivity contribution in [2.75, 3.05) is 32.8 Å². The highest BCUT2D eigenvalue weighted by Crippen LogP contribution is 2.36. The second-order valence-electron chi connectivity index (χ2n) is 7.31. The fourth-order valence-electron chi connectivity index (χ4n) is 4.06. The van der Waals surface area contributed by atoms with Gasteiger partial charge in [0.15, 0.2) is 0 Å². The molecule has 27 heavy (non-hydrogen) atoms. The average molecular weight is 387 g/mol. The SMILES string of the molecule is Cc1ccccc1CS(=O)(=O)N1CCN(C2CCOc3ccccc32)CC1. The van der Waals surface area contributed by atoms with Crippen molar-refractivity contribution in [2.24, 2.45) is 0 Å². The zero-order chi connectivity index (χ0) is 18.9. The van der Waals surface area contributed by atoms with Gasteiger partial charge in [-0.25, -0.2) is 8.42 Å². The summed E-state index contributed by atoms with van der Waals surface area (Å²) in [6.45, 7) is 5.29. The molecular formula is C21H26N2O3S. The van der Waals surface area contributed by atoms with Crippen LogP contribution in [0.5, 0.6) is 5.75 Å². The normalized spacial score (nSPS) is 21.4. The molecule has 0 amide bonds. The molecule has 1 unspecified atom stereocenters. The van der Waals surface area contributed by atoms with Crippen LogP contribution in [0.1, 0.15) is 29.2 Å². The molecule has 5 nitrogen and oxygen atoms in total. The van der Waals surface area contributed by atoms with E-state index in [2.05, 4.69) is 11.0 Å². The fraction of sp³-hybridized carbons (Fsp3) is 0.429. The monoisotopic (exact) mass is 386 g/mol. The molecular weight excluding hydrogens is 360 g/mol. The molecule has 144 valence electrons. The lowest BCUT2D eigenvalue weighted by molar-refractivity contribution is 0.103. The number of hydrogen-bond acceptors (Lipinski definition) is 4. The Bertz CT molecular complexity index is 905. The lowest BCUT2D eigenvalue weighted by atomic mass is 9.98. The molecule has 4 rings (SSSR count). The number of ether oxygens (including phenoxy) is 1. The molecule has 0 saturated carbocycles. The summed E-state index contributed by atoms with van der Waals surface area (Å²) in [5.41, 5.74) is 3.14. The van der Waals surface area contributed by atoms with E-state index in [1.807, 2.05) is 49.4 Å². The van der Waals surface area contributed by atoms with E-state index in [-0.39, 0.29) is 5.75 Å². The Balaban J connectivity index is 1.43. The smallest absolute Gasteiger partial charge is 0.218 e. The molecule has 0 radical (unpaired) electrons. The van der Waals surface area contributed by atoms with Crippen molar-refractivity contribution >= 4 is 10.0 Å². The molecule has 0 aromatic heterocycles. The van der Waals surface area contributed by atoms with Crippen LogP contribution in [-0.4, -0.2) is 50.4 Å². The number of hydrogen-bond donors (Lipinski definition) is 0. The largest absolute Gasteiger partial charge is 0.493 e. The van der Waals surface area contributed by atoms with E-state index in [0.717, 1.165) is 36.4 Å². The second-order valence-corrected chi connectivity index (χ2v) is 9.28. The minimum absolute atomic E-state index is 0.0831. The third-order valence-corrected chi connectivity index (χ3v) is 7.46. The summed E-state index contributed by atoms with van der Waals surface area (Å²) in [5, 5.41) is 0. The van der Waals surface area contributed by atoms with E-state index < -0.39 is 10.0 Å². The molecule has 1 atom stereocenters. The van der Waals surface area contributed by atoms with Crippen molar-refractivity contribution in [3.05, 3.63) is 65.2 Å². The molecule has 2 aliphatic rings. The number of aryl methyl sites for hydroxylation is 1. The Kier molecular flexibility index (Phi) is 5.21. The van der Waals surface area contributed by atoms with Gasteiger partial charge in [0.1, 0.15) is 5.75 Å². The first kappa shape index (κ1) is 18.5. The summed E-state index contributed by atoms with van der Waals surface area (Å²) in [4.78, 5) is 2.40. The van der Waals surface area contributed by atoms with Crippen molar-refractivity contribution < 1.29 is 13.2 Å². The van der Waals surface area contributed by atoms with Gasteiger partial charge in [0.25, 0.3) is 0 Å². The molecule has 0 bridgehead atoms. The Morgan fingerprint density at radius 2 is 1.70 bits per heavy atom. The van der Waals surface area contributed by atoms with Crippen molar-refractivity contribution in [1.29, 1.82) is 0 Å². The first-order valence-corrected chi connectivity index (χ1v) is 11.1. The van der Waals surface area contributed by atoms with E-state index in [1.54, 1.807) is 4.31 Å². The highest BCUT2D eigenvalue weighted by Gasteiger charge is 2.33. The van der Waals surface area contributed by atoms with Crippen molar-refractivity contribution in [3.8, 4) is 5.75 Å². The van der Waals surface area contributed by atoms with Gasteiger partial charge in [0, 0.05) is 44.2 Å². The van der Waals surface area contributed by atoms with Crippen LogP contribution >= 0.6 is 0 Å². The maximum Gasteiger partial charge on any atom is 0.218 e. The van der Waals surface area contributed by atoms with Crippen molar-refractivity contribution in [3.63, 3.8) is 0 Å². The molecule has 6 heteroatoms. The minimum Gasteiger partial charge on any atom is -0.493 e. The highest BCUT2D eigenvalue weighted by molar-refractivity contribution is 7.88. The van der Waals surface area contributed by atoms with Crippen molar-refractivity contribution in [1.82, 2.24) is 9.21 Å². The molecule has 2 aromatic carbocycles. The van der Waals surface area contributed by atoms with Gasteiger partial charge in [0.2, 0.25) is 10.0 Å². The van der Waals surface area contributed by atoms with Gasteiger partial charge in [-0.2, -0.15) is 4.31 Å². The summed E-state index contributed by atoms with van der Waals surface area (Å²) in [6.07, 6.45) is 0.951. The van der Waals surface area contributed by atoms with Crippen LogP contribution in [0.2, 0.25) is 0 Å². The van der Waals surface area contributed by atoms with Crippen molar-refractivity contribution in [2.45, 2.75) is 25.1 Å². The molecule has 0 spiro atoms. The fourth-order valence-corrected chi connectivity index (χ4v) is 5.67. The third-order valence-electron chi connectivity index (χ3n) is 5.63. The number of para-hydroxylation sites is 1. The third kappa shape index (κ3) is 3.88. The van der Waals surface area contributed by atoms with Gasteiger partial charge in [-0.1, -0.05) is 42.5 Å². The van der Waals surface area contributed by atoms with Gasteiger partial charge < -0.3 is 4.74 Å². The summed E-state index contributed by atoms with van der Waals surface area (Å²) < 4.78 is 33.2. The lowest BCUT2D eigenvalue weighted by Crippen LogP contribution is -2.50. The average Bonchev–Trinajstić information content (AvgIpc) is 2.69. The molecule has 0 aliphatic carbocycles. The summed E-state index contributed by atoms with van der Waals surface area (Å²) >= 11 is 0. The number of rotatable bonds is 4. The number of fused-ring (bicyclic) bond motifs is 1. The first-order valence-electron chi connectivity index (χ1n) is 9.53. The van der Waals surface area contributed by atoms with Crippen LogP contribution in [0.4, 0.5) is 0 Å². The zero-order valence-corrected chi connectivity index (χ0v) is 16.5. The van der Waals surface area contributed by atoms with Crippen LogP contribution in [-0.2, 0) is 15.8 Å². The molecule has 1 fully saturated rings. The van der Waals surface area contributed by atoms with Gasteiger partial charge in [0.05, 0.1) is 12.4 Å². The molecule has 1 saturated heterocycles. The molecule has 0 N–H and O–H groups in total. The van der Waals surface area contributed by atoms with Crippen LogP contribution in [0.3, 0.4) is 0 Å². The van der Waals surface area contributed by atoms with E-state index >= 15 is 0 Å². The predicted molar refractivity (Wildman–Crippen MR) is 106 cm³/mol. The lowest BCUT2D eigenvalue weighted by Gasteiger charge is -2.40. The van der Waals surface area contributed by atoms with E-state index in [1.165, 1.54) is 5.56 Å². The van der Waals surface area contributed by atoms with Crippen LogP contribution in [0.15, 0.2) is 48.5 Å². The summed E-state index contributed by atoms with van der Waals surface area (Å²) in [6, 6.07) is 16.2. The number of piperazine rings is 1. The molecule has 2 aliphatic heterocycles. The quantitative estimate of drug-likeness (QED) is 0.811. The van der Waals surface area contributed by atoms with Gasteiger partial charge in [-0.15, -0.1) is 0 Å². The number of nitrogens with zero attached hydrogens (tertiary/aromatic N) is 2. The zero-order valence-electron chi connectivity index (χ0n) is 15.7. The Morgan fingerprint density at radius 3 is 2.48 bits per heavy atom. The number of sulfonamides is 1. The van der Waals surface area contributed by atoms with Crippen LogP contribution < -0.4 is 4.74 Å². The van der Waals surface area contributed by atoms with E-state index in [0.29, 0.717) is 25.7 Å². The van der Waals surface area contributed by atoms with Gasteiger partial charge in [-0.05, 0) is 24.1 Å². The van der Waals surface area contributed by atoms with Gasteiger partial charge >= 0.3 is 0 Å². The highest BCUT2D eigenvalue weighted by atomic mass is 32.2. The molecule has 2 heterocycles. The van der Waals surface area contributed by atoms with Crippen LogP contribution in [0.25, 0.3) is 0 Å². The summed E-state index contributed by atoms with van der Waals surface area (Å²) in [7, 11) is -3.29. The van der Waals surface area contributed by atoms with E-state index in [4.69, 9.17) is 4.74 Å². The standard InChI is InChI=1S/C21H26N2O3S/c1-17-6-2-3-7-18(17)16-27(24,25)23-13-11-22(12-14-23)20-10-15-26-21-9-5-4-8-19(20)21/h2-9,20H,10-16H2,1H3. The minimum atomic E-state index is -3.29. The Morgan fingerprint density at radius 1 is 1.00 bits per heavy atom. The topological polar surface area (TPSA) is 49.9 Å². The molecule has 2 aromatic rings. The Labute approximate surface area is 161 Å². The van der Waals surface area contributed by atoms with Crippen LogP contribution in [0, 0.1) is 6.92 Å². The summed E-state index contributed by atoms with van der Waals surface area (Å²) in [5.74, 6) is 1.04.